The summed E-state index contributed by atoms with van der Waals surface area (Å²) in [5, 5.41) is 8.14. The van der Waals surface area contributed by atoms with E-state index in [1.807, 2.05) is 30.3 Å². The average molecular weight is 333 g/mol. The minimum atomic E-state index is -0.865. The number of halogens is 2. The van der Waals surface area contributed by atoms with Crippen LogP contribution in [0.25, 0.3) is 34.2 Å². The summed E-state index contributed by atoms with van der Waals surface area (Å²) in [7, 11) is 0. The van der Waals surface area contributed by atoms with Crippen molar-refractivity contribution in [2.45, 2.75) is 0 Å². The molecule has 0 fully saturated rings. The van der Waals surface area contributed by atoms with Crippen LogP contribution in [0.4, 0.5) is 8.78 Å². The fraction of sp³-hybridized carbons (Fsp3) is 0. The Morgan fingerprint density at radius 3 is 2.56 bits per heavy atom. The van der Waals surface area contributed by atoms with Gasteiger partial charge >= 0.3 is 0 Å². The summed E-state index contributed by atoms with van der Waals surface area (Å²) < 4.78 is 27.0. The van der Waals surface area contributed by atoms with Gasteiger partial charge in [0.15, 0.2) is 11.6 Å². The average Bonchev–Trinajstić information content (AvgIpc) is 3.06. The zero-order valence-corrected chi connectivity index (χ0v) is 13.1. The largest absolute Gasteiger partial charge is 0.277 e. The number of hydrogen-bond donors (Lipinski definition) is 1. The second-order valence-corrected chi connectivity index (χ2v) is 5.58. The van der Waals surface area contributed by atoms with Crippen LogP contribution >= 0.6 is 0 Å². The molecule has 0 amide bonds. The van der Waals surface area contributed by atoms with Crippen molar-refractivity contribution in [3.8, 4) is 11.1 Å². The first-order chi connectivity index (χ1) is 12.2. The molecule has 0 radical (unpaired) electrons. The molecule has 2 heterocycles. The lowest BCUT2D eigenvalue weighted by Gasteiger charge is -2.01. The number of pyridine rings is 1. The van der Waals surface area contributed by atoms with Crippen molar-refractivity contribution in [3.05, 3.63) is 83.8 Å². The molecule has 0 unspecified atom stereocenters. The van der Waals surface area contributed by atoms with Crippen LogP contribution in [0.1, 0.15) is 11.3 Å². The fourth-order valence-corrected chi connectivity index (χ4v) is 2.71. The van der Waals surface area contributed by atoms with Gasteiger partial charge in [-0.3, -0.25) is 10.1 Å². The Labute approximate surface area is 142 Å². The third-order valence-corrected chi connectivity index (χ3v) is 4.01. The third kappa shape index (κ3) is 2.92. The molecule has 0 bridgehead atoms. The molecule has 3 nitrogen and oxygen atoms in total. The van der Waals surface area contributed by atoms with E-state index >= 15 is 0 Å². The number of hydrogen-bond acceptors (Lipinski definition) is 2. The number of aromatic nitrogens is 3. The van der Waals surface area contributed by atoms with E-state index in [4.69, 9.17) is 0 Å². The van der Waals surface area contributed by atoms with Crippen molar-refractivity contribution in [2.24, 2.45) is 0 Å². The molecule has 4 aromatic rings. The lowest BCUT2D eigenvalue weighted by atomic mass is 10.0. The molecule has 0 saturated carbocycles. The topological polar surface area (TPSA) is 41.6 Å². The number of fused-ring (bicyclic) bond motifs is 1. The highest BCUT2D eigenvalue weighted by molar-refractivity contribution is 5.92. The fourth-order valence-electron chi connectivity index (χ4n) is 2.71. The molecule has 0 atom stereocenters. The standard InChI is InChI=1S/C20H13F2N3/c21-17-3-1-2-14(20(17)22)5-7-18-16-6-4-15(12-19(16)25-24-18)13-8-10-23-11-9-13/h1-12H,(H,24,25). The Balaban J connectivity index is 1.70. The number of benzene rings is 2. The molecule has 0 aliphatic heterocycles. The van der Waals surface area contributed by atoms with Crippen molar-refractivity contribution in [1.82, 2.24) is 15.2 Å². The first-order valence-corrected chi connectivity index (χ1v) is 7.73. The molecule has 0 aliphatic rings. The molecule has 25 heavy (non-hydrogen) atoms. The van der Waals surface area contributed by atoms with E-state index in [-0.39, 0.29) is 5.56 Å². The number of aromatic amines is 1. The lowest BCUT2D eigenvalue weighted by molar-refractivity contribution is 0.507. The molecule has 122 valence electrons. The van der Waals surface area contributed by atoms with Gasteiger partial charge in [0.2, 0.25) is 0 Å². The van der Waals surface area contributed by atoms with Gasteiger partial charge in [-0.1, -0.05) is 18.2 Å². The van der Waals surface area contributed by atoms with Crippen molar-refractivity contribution < 1.29 is 8.78 Å². The van der Waals surface area contributed by atoms with Gasteiger partial charge in [0.05, 0.1) is 11.2 Å². The van der Waals surface area contributed by atoms with Gasteiger partial charge in [-0.2, -0.15) is 5.10 Å². The number of rotatable bonds is 3. The molecular formula is C20H13F2N3. The van der Waals surface area contributed by atoms with E-state index < -0.39 is 11.6 Å². The Bertz CT molecular complexity index is 1070. The highest BCUT2D eigenvalue weighted by atomic mass is 19.2. The Hall–Kier alpha value is -3.34. The minimum absolute atomic E-state index is 0.185. The molecule has 4 rings (SSSR count). The quantitative estimate of drug-likeness (QED) is 0.568. The van der Waals surface area contributed by atoms with Crippen LogP contribution in [0.2, 0.25) is 0 Å². The van der Waals surface area contributed by atoms with Crippen LogP contribution in [0.3, 0.4) is 0 Å². The molecule has 1 N–H and O–H groups in total. The summed E-state index contributed by atoms with van der Waals surface area (Å²) in [5.74, 6) is -1.73. The first-order valence-electron chi connectivity index (χ1n) is 7.73. The maximum absolute atomic E-state index is 13.7. The monoisotopic (exact) mass is 333 g/mol. The van der Waals surface area contributed by atoms with Gasteiger partial charge in [-0.05, 0) is 53.6 Å². The van der Waals surface area contributed by atoms with Gasteiger partial charge in [-0.25, -0.2) is 8.78 Å². The molecule has 2 aromatic carbocycles. The van der Waals surface area contributed by atoms with Crippen LogP contribution < -0.4 is 0 Å². The van der Waals surface area contributed by atoms with Crippen molar-refractivity contribution in [1.29, 1.82) is 0 Å². The van der Waals surface area contributed by atoms with Gasteiger partial charge < -0.3 is 0 Å². The molecule has 0 aliphatic carbocycles. The molecular weight excluding hydrogens is 320 g/mol. The van der Waals surface area contributed by atoms with E-state index in [0.717, 1.165) is 28.1 Å². The zero-order valence-electron chi connectivity index (χ0n) is 13.1. The van der Waals surface area contributed by atoms with E-state index in [1.165, 1.54) is 18.2 Å². The summed E-state index contributed by atoms with van der Waals surface area (Å²) in [6.45, 7) is 0. The summed E-state index contributed by atoms with van der Waals surface area (Å²) >= 11 is 0. The van der Waals surface area contributed by atoms with E-state index in [9.17, 15) is 8.78 Å². The minimum Gasteiger partial charge on any atom is -0.277 e. The van der Waals surface area contributed by atoms with Crippen LogP contribution in [-0.4, -0.2) is 15.2 Å². The van der Waals surface area contributed by atoms with Gasteiger partial charge in [-0.15, -0.1) is 0 Å². The van der Waals surface area contributed by atoms with E-state index in [0.29, 0.717) is 5.69 Å². The van der Waals surface area contributed by atoms with Gasteiger partial charge in [0.1, 0.15) is 0 Å². The summed E-state index contributed by atoms with van der Waals surface area (Å²) in [6.07, 6.45) is 6.68. The third-order valence-electron chi connectivity index (χ3n) is 4.01. The Morgan fingerprint density at radius 1 is 0.880 bits per heavy atom. The number of H-pyrrole nitrogens is 1. The molecule has 0 saturated heterocycles. The van der Waals surface area contributed by atoms with Gasteiger partial charge in [0, 0.05) is 23.3 Å². The first kappa shape index (κ1) is 15.2. The maximum atomic E-state index is 13.7. The molecule has 5 heteroatoms. The molecule has 0 spiro atoms. The number of nitrogens with one attached hydrogen (secondary N) is 1. The normalized spacial score (nSPS) is 11.4. The predicted molar refractivity (Wildman–Crippen MR) is 94.6 cm³/mol. The van der Waals surface area contributed by atoms with Crippen molar-refractivity contribution in [3.63, 3.8) is 0 Å². The SMILES string of the molecule is Fc1cccc(C=Cc2n[nH]c3cc(-c4ccncc4)ccc23)c1F. The van der Waals surface area contributed by atoms with Crippen LogP contribution in [-0.2, 0) is 0 Å². The van der Waals surface area contributed by atoms with Crippen LogP contribution in [0.5, 0.6) is 0 Å². The summed E-state index contributed by atoms with van der Waals surface area (Å²) in [5.41, 5.74) is 3.83. The van der Waals surface area contributed by atoms with Crippen molar-refractivity contribution in [2.75, 3.05) is 0 Å². The number of nitrogens with zero attached hydrogens (tertiary/aromatic N) is 2. The highest BCUT2D eigenvalue weighted by Crippen LogP contribution is 2.25. The summed E-state index contributed by atoms with van der Waals surface area (Å²) in [6, 6.07) is 13.9. The predicted octanol–water partition coefficient (Wildman–Crippen LogP) is 5.07. The Morgan fingerprint density at radius 2 is 1.72 bits per heavy atom. The van der Waals surface area contributed by atoms with Crippen LogP contribution in [0.15, 0.2) is 60.9 Å². The van der Waals surface area contributed by atoms with Gasteiger partial charge in [0.25, 0.3) is 0 Å². The second kappa shape index (κ2) is 6.28. The molecule has 2 aromatic heterocycles. The van der Waals surface area contributed by atoms with E-state index in [2.05, 4.69) is 15.2 Å². The maximum Gasteiger partial charge on any atom is 0.166 e. The second-order valence-electron chi connectivity index (χ2n) is 5.58. The lowest BCUT2D eigenvalue weighted by Crippen LogP contribution is -1.87. The highest BCUT2D eigenvalue weighted by Gasteiger charge is 2.07. The van der Waals surface area contributed by atoms with E-state index in [1.54, 1.807) is 18.5 Å². The summed E-state index contributed by atoms with van der Waals surface area (Å²) in [4.78, 5) is 4.02. The van der Waals surface area contributed by atoms with Crippen LogP contribution in [0, 0.1) is 11.6 Å². The van der Waals surface area contributed by atoms with Crippen molar-refractivity contribution >= 4 is 23.1 Å². The Kier molecular flexibility index (Phi) is 3.82. The smallest absolute Gasteiger partial charge is 0.166 e. The zero-order chi connectivity index (χ0) is 17.2.